The zero-order valence-corrected chi connectivity index (χ0v) is 15.2. The fraction of sp³-hybridized carbons (Fsp3) is 0.143. The normalized spacial score (nSPS) is 11.0. The molecule has 2 aromatic heterocycles. The molecule has 0 radical (unpaired) electrons. The van der Waals surface area contributed by atoms with Crippen molar-refractivity contribution in [2.75, 3.05) is 5.32 Å². The molecule has 2 aromatic carbocycles. The largest absolute Gasteiger partial charge is 0.365 e. The van der Waals surface area contributed by atoms with Gasteiger partial charge in [-0.05, 0) is 30.2 Å². The molecule has 0 saturated carbocycles. The maximum atomic E-state index is 13.1. The Bertz CT molecular complexity index is 1030. The predicted molar refractivity (Wildman–Crippen MR) is 106 cm³/mol. The average molecular weight is 363 g/mol. The highest BCUT2D eigenvalue weighted by atomic mass is 32.1. The first kappa shape index (κ1) is 16.7. The van der Waals surface area contributed by atoms with Gasteiger partial charge in [-0.15, -0.1) is 11.3 Å². The van der Waals surface area contributed by atoms with E-state index in [1.807, 2.05) is 30.3 Å². The van der Waals surface area contributed by atoms with Gasteiger partial charge in [-0.25, -0.2) is 14.4 Å². The van der Waals surface area contributed by atoms with Crippen LogP contribution >= 0.6 is 11.3 Å². The molecule has 26 heavy (non-hydrogen) atoms. The van der Waals surface area contributed by atoms with E-state index in [2.05, 4.69) is 18.3 Å². The molecule has 0 aliphatic heterocycles. The number of halogens is 1. The van der Waals surface area contributed by atoms with E-state index in [0.717, 1.165) is 33.6 Å². The van der Waals surface area contributed by atoms with Crippen molar-refractivity contribution in [2.45, 2.75) is 19.9 Å². The predicted octanol–water partition coefficient (Wildman–Crippen LogP) is 5.67. The maximum Gasteiger partial charge on any atom is 0.163 e. The minimum atomic E-state index is -0.227. The van der Waals surface area contributed by atoms with Gasteiger partial charge in [-0.2, -0.15) is 0 Å². The summed E-state index contributed by atoms with van der Waals surface area (Å²) in [6.45, 7) is 2.72. The molecular formula is C21H18FN3S. The van der Waals surface area contributed by atoms with Gasteiger partial charge in [0.05, 0.1) is 5.39 Å². The first-order valence-corrected chi connectivity index (χ1v) is 9.39. The summed E-state index contributed by atoms with van der Waals surface area (Å²) >= 11 is 1.70. The van der Waals surface area contributed by atoms with Crippen LogP contribution in [0.2, 0.25) is 0 Å². The number of aromatic nitrogens is 2. The van der Waals surface area contributed by atoms with Gasteiger partial charge in [-0.3, -0.25) is 0 Å². The summed E-state index contributed by atoms with van der Waals surface area (Å²) in [5.41, 5.74) is 2.00. The third-order valence-corrected chi connectivity index (χ3v) is 5.37. The number of fused-ring (bicyclic) bond motifs is 1. The van der Waals surface area contributed by atoms with Crippen LogP contribution in [0.3, 0.4) is 0 Å². The quantitative estimate of drug-likeness (QED) is 0.496. The first-order chi connectivity index (χ1) is 12.7. The Labute approximate surface area is 155 Å². The van der Waals surface area contributed by atoms with E-state index >= 15 is 0 Å². The molecule has 5 heteroatoms. The van der Waals surface area contributed by atoms with Gasteiger partial charge < -0.3 is 5.32 Å². The minimum absolute atomic E-state index is 0.227. The second kappa shape index (κ2) is 7.22. The van der Waals surface area contributed by atoms with Crippen molar-refractivity contribution in [2.24, 2.45) is 0 Å². The summed E-state index contributed by atoms with van der Waals surface area (Å²) in [5, 5.41) is 4.44. The van der Waals surface area contributed by atoms with Gasteiger partial charge in [0.15, 0.2) is 5.82 Å². The standard InChI is InChI=1S/C21H18FN3S/c1-2-17-12-18-20(23-13-14-8-10-16(22)11-9-14)24-19(25-21(18)26-17)15-6-4-3-5-7-15/h3-12H,2,13H2,1H3,(H,23,24,25). The van der Waals surface area contributed by atoms with Crippen LogP contribution < -0.4 is 5.32 Å². The fourth-order valence-corrected chi connectivity index (χ4v) is 3.75. The molecule has 3 nitrogen and oxygen atoms in total. The third-order valence-electron chi connectivity index (χ3n) is 4.20. The van der Waals surface area contributed by atoms with E-state index in [1.165, 1.54) is 17.0 Å². The Morgan fingerprint density at radius 1 is 1.00 bits per heavy atom. The molecule has 0 amide bonds. The molecule has 0 aliphatic rings. The SMILES string of the molecule is CCc1cc2c(NCc3ccc(F)cc3)nc(-c3ccccc3)nc2s1. The molecule has 0 bridgehead atoms. The molecule has 0 unspecified atom stereocenters. The van der Waals surface area contributed by atoms with Crippen LogP contribution in [-0.4, -0.2) is 9.97 Å². The number of rotatable bonds is 5. The van der Waals surface area contributed by atoms with Gasteiger partial charge in [0.2, 0.25) is 0 Å². The van der Waals surface area contributed by atoms with E-state index in [4.69, 9.17) is 9.97 Å². The molecule has 4 rings (SSSR count). The number of hydrogen-bond acceptors (Lipinski definition) is 4. The zero-order chi connectivity index (χ0) is 17.9. The number of anilines is 1. The summed E-state index contributed by atoms with van der Waals surface area (Å²) in [4.78, 5) is 11.8. The van der Waals surface area contributed by atoms with Crippen LogP contribution in [-0.2, 0) is 13.0 Å². The van der Waals surface area contributed by atoms with E-state index < -0.39 is 0 Å². The van der Waals surface area contributed by atoms with Crippen LogP contribution in [0.4, 0.5) is 10.2 Å². The highest BCUT2D eigenvalue weighted by Crippen LogP contribution is 2.31. The maximum absolute atomic E-state index is 13.1. The molecule has 0 saturated heterocycles. The van der Waals surface area contributed by atoms with Crippen molar-refractivity contribution >= 4 is 27.4 Å². The monoisotopic (exact) mass is 363 g/mol. The lowest BCUT2D eigenvalue weighted by molar-refractivity contribution is 0.627. The van der Waals surface area contributed by atoms with Crippen LogP contribution in [0.1, 0.15) is 17.4 Å². The van der Waals surface area contributed by atoms with Gasteiger partial charge >= 0.3 is 0 Å². The highest BCUT2D eigenvalue weighted by molar-refractivity contribution is 7.18. The molecule has 1 N–H and O–H groups in total. The Hall–Kier alpha value is -2.79. The Morgan fingerprint density at radius 3 is 2.50 bits per heavy atom. The van der Waals surface area contributed by atoms with Crippen molar-refractivity contribution in [3.8, 4) is 11.4 Å². The molecule has 130 valence electrons. The summed E-state index contributed by atoms with van der Waals surface area (Å²) in [6, 6.07) is 18.6. The van der Waals surface area contributed by atoms with Crippen molar-refractivity contribution < 1.29 is 4.39 Å². The second-order valence-corrected chi connectivity index (χ2v) is 7.14. The van der Waals surface area contributed by atoms with Crippen molar-refractivity contribution in [3.05, 3.63) is 76.9 Å². The number of nitrogens with zero attached hydrogens (tertiary/aromatic N) is 2. The number of aryl methyl sites for hydroxylation is 1. The molecule has 0 atom stereocenters. The van der Waals surface area contributed by atoms with E-state index in [-0.39, 0.29) is 5.82 Å². The summed E-state index contributed by atoms with van der Waals surface area (Å²) < 4.78 is 13.1. The molecule has 2 heterocycles. The lowest BCUT2D eigenvalue weighted by Crippen LogP contribution is -2.03. The number of hydrogen-bond donors (Lipinski definition) is 1. The zero-order valence-electron chi connectivity index (χ0n) is 14.4. The topological polar surface area (TPSA) is 37.8 Å². The summed E-state index contributed by atoms with van der Waals surface area (Å²) in [5.74, 6) is 1.30. The van der Waals surface area contributed by atoms with Crippen LogP contribution in [0.25, 0.3) is 21.6 Å². The van der Waals surface area contributed by atoms with E-state index in [1.54, 1.807) is 23.5 Å². The smallest absolute Gasteiger partial charge is 0.163 e. The number of nitrogens with one attached hydrogen (secondary N) is 1. The number of thiophene rings is 1. The van der Waals surface area contributed by atoms with Crippen molar-refractivity contribution in [1.29, 1.82) is 0 Å². The van der Waals surface area contributed by atoms with Gasteiger partial charge in [0.25, 0.3) is 0 Å². The van der Waals surface area contributed by atoms with Crippen molar-refractivity contribution in [1.82, 2.24) is 9.97 Å². The molecular weight excluding hydrogens is 345 g/mol. The molecule has 4 aromatic rings. The fourth-order valence-electron chi connectivity index (χ4n) is 2.78. The second-order valence-electron chi connectivity index (χ2n) is 6.03. The van der Waals surface area contributed by atoms with Gasteiger partial charge in [-0.1, -0.05) is 49.4 Å². The van der Waals surface area contributed by atoms with Crippen LogP contribution in [0, 0.1) is 5.82 Å². The highest BCUT2D eigenvalue weighted by Gasteiger charge is 2.12. The van der Waals surface area contributed by atoms with Crippen LogP contribution in [0.5, 0.6) is 0 Å². The third kappa shape index (κ3) is 3.44. The Kier molecular flexibility index (Phi) is 4.63. The Morgan fingerprint density at radius 2 is 1.77 bits per heavy atom. The van der Waals surface area contributed by atoms with Gasteiger partial charge in [0.1, 0.15) is 16.5 Å². The lowest BCUT2D eigenvalue weighted by Gasteiger charge is -2.09. The summed E-state index contributed by atoms with van der Waals surface area (Å²) in [7, 11) is 0. The van der Waals surface area contributed by atoms with E-state index in [0.29, 0.717) is 12.4 Å². The molecule has 0 spiro atoms. The lowest BCUT2D eigenvalue weighted by atomic mass is 10.2. The van der Waals surface area contributed by atoms with Crippen LogP contribution in [0.15, 0.2) is 60.7 Å². The molecule has 0 aliphatic carbocycles. The molecule has 0 fully saturated rings. The summed E-state index contributed by atoms with van der Waals surface area (Å²) in [6.07, 6.45) is 0.971. The number of benzene rings is 2. The first-order valence-electron chi connectivity index (χ1n) is 8.57. The van der Waals surface area contributed by atoms with E-state index in [9.17, 15) is 4.39 Å². The average Bonchev–Trinajstić information content (AvgIpc) is 3.11. The van der Waals surface area contributed by atoms with Gasteiger partial charge in [0, 0.05) is 17.0 Å². The van der Waals surface area contributed by atoms with Crippen molar-refractivity contribution in [3.63, 3.8) is 0 Å². The Balaban J connectivity index is 1.73. The minimum Gasteiger partial charge on any atom is -0.365 e.